The first-order chi connectivity index (χ1) is 7.11. The molecule has 0 aliphatic carbocycles. The van der Waals surface area contributed by atoms with Crippen molar-refractivity contribution in [3.63, 3.8) is 0 Å². The van der Waals surface area contributed by atoms with Gasteiger partial charge in [0.1, 0.15) is 0 Å². The van der Waals surface area contributed by atoms with E-state index < -0.39 is 11.8 Å². The van der Waals surface area contributed by atoms with Crippen molar-refractivity contribution in [1.82, 2.24) is 5.32 Å². The quantitative estimate of drug-likeness (QED) is 0.736. The van der Waals surface area contributed by atoms with Crippen LogP contribution in [0.5, 0.6) is 0 Å². The van der Waals surface area contributed by atoms with Gasteiger partial charge in [-0.2, -0.15) is 0 Å². The zero-order valence-corrected chi connectivity index (χ0v) is 8.76. The van der Waals surface area contributed by atoms with Crippen LogP contribution in [0, 0.1) is 0 Å². The number of benzene rings is 1. The maximum atomic E-state index is 11.1. The molecule has 15 heavy (non-hydrogen) atoms. The number of aryl methyl sites for hydroxylation is 1. The van der Waals surface area contributed by atoms with E-state index in [0.717, 1.165) is 12.0 Å². The molecule has 1 aliphatic heterocycles. The molecule has 77 valence electrons. The second-order valence-electron chi connectivity index (χ2n) is 3.19. The number of fused-ring (bicyclic) bond motifs is 1. The number of carbonyl (C=O) groups is 2. The fourth-order valence-corrected chi connectivity index (χ4v) is 1.70. The minimum Gasteiger partial charge on any atom is -0.316 e. The van der Waals surface area contributed by atoms with Crippen molar-refractivity contribution >= 4 is 34.8 Å². The lowest BCUT2D eigenvalue weighted by Crippen LogP contribution is -2.33. The standard InChI is InChI=1S/C10H8ClN2O2/c1-2-5-3-7-8(4-6(5)11)13-10(15)9(14)12-7/h3-4H,2H2,1H3,(H,12,14). The third kappa shape index (κ3) is 1.68. The Labute approximate surface area is 91.6 Å². The van der Waals surface area contributed by atoms with E-state index >= 15 is 0 Å². The van der Waals surface area contributed by atoms with Gasteiger partial charge in [0.05, 0.1) is 11.4 Å². The largest absolute Gasteiger partial charge is 0.335 e. The van der Waals surface area contributed by atoms with Crippen LogP contribution < -0.4 is 10.6 Å². The molecule has 1 N–H and O–H groups in total. The molecule has 0 unspecified atom stereocenters. The topological polar surface area (TPSA) is 60.3 Å². The number of halogens is 1. The molecule has 1 aromatic rings. The molecule has 0 fully saturated rings. The Morgan fingerprint density at radius 3 is 2.80 bits per heavy atom. The highest BCUT2D eigenvalue weighted by Crippen LogP contribution is 2.31. The Morgan fingerprint density at radius 2 is 2.13 bits per heavy atom. The van der Waals surface area contributed by atoms with Crippen molar-refractivity contribution in [2.24, 2.45) is 0 Å². The maximum Gasteiger partial charge on any atom is 0.335 e. The lowest BCUT2D eigenvalue weighted by molar-refractivity contribution is -0.135. The van der Waals surface area contributed by atoms with Gasteiger partial charge < -0.3 is 5.32 Å². The summed E-state index contributed by atoms with van der Waals surface area (Å²) in [6, 6.07) is 3.33. The van der Waals surface area contributed by atoms with E-state index in [0.29, 0.717) is 16.4 Å². The molecule has 5 heteroatoms. The number of hydrogen-bond acceptors (Lipinski definition) is 2. The van der Waals surface area contributed by atoms with Crippen LogP contribution in [0.1, 0.15) is 12.5 Å². The molecule has 4 nitrogen and oxygen atoms in total. The van der Waals surface area contributed by atoms with Gasteiger partial charge >= 0.3 is 11.8 Å². The first-order valence-electron chi connectivity index (χ1n) is 4.51. The zero-order chi connectivity index (χ0) is 11.0. The van der Waals surface area contributed by atoms with Gasteiger partial charge in [0, 0.05) is 5.02 Å². The molecule has 1 radical (unpaired) electrons. The second-order valence-corrected chi connectivity index (χ2v) is 3.59. The maximum absolute atomic E-state index is 11.1. The molecule has 0 atom stereocenters. The van der Waals surface area contributed by atoms with Crippen LogP contribution in [0.25, 0.3) is 0 Å². The molecule has 0 saturated carbocycles. The van der Waals surface area contributed by atoms with Crippen LogP contribution in [0.3, 0.4) is 0 Å². The summed E-state index contributed by atoms with van der Waals surface area (Å²) in [5.41, 5.74) is 1.88. The van der Waals surface area contributed by atoms with E-state index in [4.69, 9.17) is 11.6 Å². The van der Waals surface area contributed by atoms with Crippen LogP contribution in [-0.4, -0.2) is 11.8 Å². The van der Waals surface area contributed by atoms with Gasteiger partial charge in [-0.25, -0.2) is 5.32 Å². The predicted molar refractivity (Wildman–Crippen MR) is 56.3 cm³/mol. The van der Waals surface area contributed by atoms with Crippen LogP contribution in [-0.2, 0) is 16.0 Å². The molecule has 0 spiro atoms. The Morgan fingerprint density at radius 1 is 1.40 bits per heavy atom. The molecule has 1 aliphatic rings. The molecule has 2 amide bonds. The number of hydrogen-bond donors (Lipinski definition) is 1. The number of nitrogens with zero attached hydrogens (tertiary/aromatic N) is 1. The van der Waals surface area contributed by atoms with Gasteiger partial charge in [-0.15, -0.1) is 0 Å². The summed E-state index contributed by atoms with van der Waals surface area (Å²) in [4.78, 5) is 22.1. The van der Waals surface area contributed by atoms with Crippen molar-refractivity contribution in [2.75, 3.05) is 5.32 Å². The predicted octanol–water partition coefficient (Wildman–Crippen LogP) is 1.62. The van der Waals surface area contributed by atoms with E-state index in [1.54, 1.807) is 12.1 Å². The van der Waals surface area contributed by atoms with E-state index in [1.807, 2.05) is 6.92 Å². The Hall–Kier alpha value is -1.55. The summed E-state index contributed by atoms with van der Waals surface area (Å²) in [5.74, 6) is -1.49. The fraction of sp³-hybridized carbons (Fsp3) is 0.200. The second kappa shape index (κ2) is 3.55. The number of anilines is 1. The summed E-state index contributed by atoms with van der Waals surface area (Å²) in [7, 11) is 0. The molecule has 1 aromatic carbocycles. The van der Waals surface area contributed by atoms with Crippen molar-refractivity contribution in [3.05, 3.63) is 22.7 Å². The molecule has 2 rings (SSSR count). The lowest BCUT2D eigenvalue weighted by atomic mass is 10.1. The summed E-state index contributed by atoms with van der Waals surface area (Å²) in [5, 5.41) is 6.66. The van der Waals surface area contributed by atoms with Gasteiger partial charge in [-0.05, 0) is 24.1 Å². The highest BCUT2D eigenvalue weighted by atomic mass is 35.5. The molecule has 0 aromatic heterocycles. The van der Waals surface area contributed by atoms with Crippen LogP contribution >= 0.6 is 11.6 Å². The number of rotatable bonds is 1. The van der Waals surface area contributed by atoms with Crippen molar-refractivity contribution < 1.29 is 9.59 Å². The minimum absolute atomic E-state index is 0.418. The summed E-state index contributed by atoms with van der Waals surface area (Å²) < 4.78 is 0. The summed E-state index contributed by atoms with van der Waals surface area (Å²) in [6.07, 6.45) is 0.760. The monoisotopic (exact) mass is 223 g/mol. The average molecular weight is 224 g/mol. The van der Waals surface area contributed by atoms with Crippen molar-refractivity contribution in [3.8, 4) is 0 Å². The van der Waals surface area contributed by atoms with Crippen molar-refractivity contribution in [1.29, 1.82) is 0 Å². The lowest BCUT2D eigenvalue weighted by Gasteiger charge is -2.16. The molecule has 0 bridgehead atoms. The Bertz CT molecular complexity index is 457. The highest BCUT2D eigenvalue weighted by Gasteiger charge is 2.25. The minimum atomic E-state index is -0.789. The van der Waals surface area contributed by atoms with Gasteiger partial charge in [-0.3, -0.25) is 9.59 Å². The van der Waals surface area contributed by atoms with E-state index in [1.165, 1.54) is 0 Å². The summed E-state index contributed by atoms with van der Waals surface area (Å²) >= 11 is 5.96. The number of carbonyl (C=O) groups excluding carboxylic acids is 2. The van der Waals surface area contributed by atoms with Crippen LogP contribution in [0.15, 0.2) is 12.1 Å². The zero-order valence-electron chi connectivity index (χ0n) is 8.00. The highest BCUT2D eigenvalue weighted by molar-refractivity contribution is 6.42. The Balaban J connectivity index is 2.50. The Kier molecular flexibility index (Phi) is 2.36. The molecule has 1 heterocycles. The normalized spacial score (nSPS) is 14.3. The van der Waals surface area contributed by atoms with Gasteiger partial charge in [0.2, 0.25) is 0 Å². The SMILES string of the molecule is CCc1cc2c(cc1Cl)[N]C(=O)C(=O)N2. The molecule has 0 saturated heterocycles. The van der Waals surface area contributed by atoms with Gasteiger partial charge in [0.15, 0.2) is 0 Å². The fourth-order valence-electron chi connectivity index (χ4n) is 1.41. The molecular weight excluding hydrogens is 216 g/mol. The first kappa shape index (κ1) is 9.98. The third-order valence-electron chi connectivity index (χ3n) is 2.21. The van der Waals surface area contributed by atoms with E-state index in [2.05, 4.69) is 10.6 Å². The smallest absolute Gasteiger partial charge is 0.316 e. The van der Waals surface area contributed by atoms with E-state index in [-0.39, 0.29) is 0 Å². The number of nitrogens with one attached hydrogen (secondary N) is 1. The average Bonchev–Trinajstić information content (AvgIpc) is 2.20. The third-order valence-corrected chi connectivity index (χ3v) is 2.56. The number of amides is 2. The van der Waals surface area contributed by atoms with Crippen molar-refractivity contribution in [2.45, 2.75) is 13.3 Å². The molecular formula is C10H8ClN2O2. The summed E-state index contributed by atoms with van der Waals surface area (Å²) in [6.45, 7) is 1.96. The van der Waals surface area contributed by atoms with E-state index in [9.17, 15) is 9.59 Å². The van der Waals surface area contributed by atoms with Crippen LogP contribution in [0.2, 0.25) is 5.02 Å². The van der Waals surface area contributed by atoms with Gasteiger partial charge in [-0.1, -0.05) is 18.5 Å². The van der Waals surface area contributed by atoms with Crippen LogP contribution in [0.4, 0.5) is 11.4 Å². The first-order valence-corrected chi connectivity index (χ1v) is 4.89. The van der Waals surface area contributed by atoms with Gasteiger partial charge in [0.25, 0.3) is 0 Å².